The predicted molar refractivity (Wildman–Crippen MR) is 183 cm³/mol. The van der Waals surface area contributed by atoms with Crippen LogP contribution in [-0.4, -0.2) is 25.9 Å². The van der Waals surface area contributed by atoms with Gasteiger partial charge in [-0.1, -0.05) is 81.4 Å². The Labute approximate surface area is 274 Å². The van der Waals surface area contributed by atoms with Crippen LogP contribution in [0.3, 0.4) is 0 Å². The van der Waals surface area contributed by atoms with E-state index in [9.17, 15) is 25.9 Å². The Hall–Kier alpha value is -1.94. The fraction of sp³-hybridized carbons (Fsp3) is 0.667. The maximum absolute atomic E-state index is 12.5. The Morgan fingerprint density at radius 3 is 1.49 bits per heavy atom. The molecule has 0 saturated heterocycles. The number of benzene rings is 2. The van der Waals surface area contributed by atoms with Crippen molar-refractivity contribution in [2.24, 2.45) is 35.5 Å². The molecule has 2 aromatic carbocycles. The Morgan fingerprint density at radius 2 is 1.02 bits per heavy atom. The Kier molecular flexibility index (Phi) is 14.6. The van der Waals surface area contributed by atoms with Crippen LogP contribution in [0, 0.1) is 35.5 Å². The van der Waals surface area contributed by atoms with Crippen LogP contribution in [0.1, 0.15) is 131 Å². The quantitative estimate of drug-likeness (QED) is 0.152. The molecule has 9 heteroatoms. The fourth-order valence-corrected chi connectivity index (χ4v) is 8.77. The number of ether oxygens (including phenoxy) is 1. The molecule has 45 heavy (non-hydrogen) atoms. The summed E-state index contributed by atoms with van der Waals surface area (Å²) < 4.78 is 75.9. The molecule has 0 heterocycles. The third-order valence-electron chi connectivity index (χ3n) is 8.71. The van der Waals surface area contributed by atoms with E-state index < -0.39 is 20.2 Å². The predicted octanol–water partition coefficient (Wildman–Crippen LogP) is 10.4. The molecule has 0 aromatic heterocycles. The van der Waals surface area contributed by atoms with Gasteiger partial charge in [0.25, 0.3) is 20.2 Å². The maximum atomic E-state index is 12.5. The van der Waals surface area contributed by atoms with E-state index in [1.54, 1.807) is 18.2 Å². The topological polar surface area (TPSA) is 118 Å². The van der Waals surface area contributed by atoms with E-state index in [-0.39, 0.29) is 33.1 Å². The van der Waals surface area contributed by atoms with Crippen molar-refractivity contribution >= 4 is 20.2 Å². The molecule has 256 valence electrons. The molecule has 7 nitrogen and oxygen atoms in total. The van der Waals surface area contributed by atoms with Gasteiger partial charge in [-0.05, 0) is 115 Å². The minimum atomic E-state index is -4.65. The molecule has 0 aliphatic heterocycles. The van der Waals surface area contributed by atoms with E-state index in [4.69, 9.17) is 4.74 Å². The second-order valence-electron chi connectivity index (χ2n) is 14.9. The summed E-state index contributed by atoms with van der Waals surface area (Å²) >= 11 is 0. The van der Waals surface area contributed by atoms with Crippen LogP contribution in [0.5, 0.6) is 11.5 Å². The van der Waals surface area contributed by atoms with Gasteiger partial charge in [-0.25, -0.2) is 0 Å². The van der Waals surface area contributed by atoms with Crippen molar-refractivity contribution in [3.63, 3.8) is 0 Å². The molecule has 0 amide bonds. The number of hydrogen-bond acceptors (Lipinski definition) is 5. The molecule has 6 unspecified atom stereocenters. The molecule has 0 radical (unpaired) electrons. The smallest absolute Gasteiger partial charge is 0.298 e. The van der Waals surface area contributed by atoms with Gasteiger partial charge in [0.15, 0.2) is 0 Å². The summed E-state index contributed by atoms with van der Waals surface area (Å²) in [5, 5.41) is 0. The minimum absolute atomic E-state index is 0.0376. The van der Waals surface area contributed by atoms with Crippen molar-refractivity contribution in [3.05, 3.63) is 47.5 Å². The highest BCUT2D eigenvalue weighted by atomic mass is 32.2. The molecule has 0 aliphatic carbocycles. The van der Waals surface area contributed by atoms with Crippen LogP contribution >= 0.6 is 0 Å². The maximum Gasteiger partial charge on any atom is 0.298 e. The molecule has 2 aromatic rings. The van der Waals surface area contributed by atoms with Gasteiger partial charge in [0.1, 0.15) is 21.3 Å². The molecule has 0 bridgehead atoms. The van der Waals surface area contributed by atoms with Crippen molar-refractivity contribution in [2.75, 3.05) is 0 Å². The monoisotopic (exact) mass is 666 g/mol. The van der Waals surface area contributed by atoms with Gasteiger partial charge in [0, 0.05) is 6.07 Å². The van der Waals surface area contributed by atoms with Crippen LogP contribution in [-0.2, 0) is 20.2 Å². The van der Waals surface area contributed by atoms with Gasteiger partial charge in [-0.2, -0.15) is 16.8 Å². The van der Waals surface area contributed by atoms with Gasteiger partial charge in [-0.3, -0.25) is 9.11 Å². The van der Waals surface area contributed by atoms with Crippen LogP contribution < -0.4 is 4.74 Å². The van der Waals surface area contributed by atoms with Crippen molar-refractivity contribution < 1.29 is 30.7 Å². The summed E-state index contributed by atoms with van der Waals surface area (Å²) in [7, 11) is -9.25. The lowest BCUT2D eigenvalue weighted by Crippen LogP contribution is -2.11. The second-order valence-corrected chi connectivity index (χ2v) is 17.7. The first kappa shape index (κ1) is 39.2. The van der Waals surface area contributed by atoms with Gasteiger partial charge >= 0.3 is 0 Å². The standard InChI is InChI=1S/C36H58O7S2/c1-23(2)15-25(5)17-27(7)19-29(9)31-11-14-34(36(21-31)45(40,41)42)43-32-12-13-33(35(22-32)44(37,38)39)30(10)20-28(8)18-26(6)16-24(3)4/h11-14,21-30H,15-20H2,1-10H3,(H,37,38,39)(H,40,41,42). The average Bonchev–Trinajstić information content (AvgIpc) is 2.86. The van der Waals surface area contributed by atoms with Crippen LogP contribution in [0.2, 0.25) is 0 Å². The summed E-state index contributed by atoms with van der Waals surface area (Å²) in [6.07, 6.45) is 5.99. The minimum Gasteiger partial charge on any atom is -0.456 e. The largest absolute Gasteiger partial charge is 0.456 e. The molecule has 0 aliphatic rings. The highest BCUT2D eigenvalue weighted by molar-refractivity contribution is 7.86. The third kappa shape index (κ3) is 13.0. The fourth-order valence-electron chi connectivity index (χ4n) is 7.29. The Morgan fingerprint density at radius 1 is 0.556 bits per heavy atom. The summed E-state index contributed by atoms with van der Waals surface area (Å²) in [6.45, 7) is 21.7. The third-order valence-corrected chi connectivity index (χ3v) is 10.5. The molecule has 2 N–H and O–H groups in total. The lowest BCUT2D eigenvalue weighted by atomic mass is 9.84. The van der Waals surface area contributed by atoms with Gasteiger partial charge in [-0.15, -0.1) is 0 Å². The number of hydrogen-bond donors (Lipinski definition) is 2. The molecule has 6 atom stereocenters. The van der Waals surface area contributed by atoms with Gasteiger partial charge < -0.3 is 4.74 Å². The van der Waals surface area contributed by atoms with Crippen LogP contribution in [0.4, 0.5) is 0 Å². The van der Waals surface area contributed by atoms with Crippen LogP contribution in [0.15, 0.2) is 46.2 Å². The summed E-state index contributed by atoms with van der Waals surface area (Å²) in [4.78, 5) is -0.655. The molecule has 0 fully saturated rings. The van der Waals surface area contributed by atoms with E-state index >= 15 is 0 Å². The molecule has 0 saturated carbocycles. The SMILES string of the molecule is CC(C)CC(C)CC(C)CC(C)c1ccc(Oc2ccc(C(C)CC(C)CC(C)CC(C)C)c(S(=O)(=O)O)c2)c(S(=O)(=O)O)c1. The van der Waals surface area contributed by atoms with Crippen LogP contribution in [0.25, 0.3) is 0 Å². The summed E-state index contributed by atoms with van der Waals surface area (Å²) in [5.74, 6) is 3.00. The van der Waals surface area contributed by atoms with E-state index in [0.29, 0.717) is 41.1 Å². The zero-order valence-electron chi connectivity index (χ0n) is 29.1. The van der Waals surface area contributed by atoms with Crippen molar-refractivity contribution in [1.82, 2.24) is 0 Å². The van der Waals surface area contributed by atoms with Gasteiger partial charge in [0.2, 0.25) is 0 Å². The van der Waals surface area contributed by atoms with E-state index in [1.807, 2.05) is 13.8 Å². The zero-order valence-corrected chi connectivity index (χ0v) is 30.7. The van der Waals surface area contributed by atoms with E-state index in [2.05, 4.69) is 55.4 Å². The Bertz CT molecular complexity index is 1450. The molecular weight excluding hydrogens is 609 g/mol. The Balaban J connectivity index is 2.31. The van der Waals surface area contributed by atoms with E-state index in [1.165, 1.54) is 18.2 Å². The normalized spacial score (nSPS) is 16.8. The van der Waals surface area contributed by atoms with Crippen molar-refractivity contribution in [2.45, 2.75) is 129 Å². The highest BCUT2D eigenvalue weighted by Gasteiger charge is 2.25. The van der Waals surface area contributed by atoms with Crippen molar-refractivity contribution in [3.8, 4) is 11.5 Å². The first-order valence-corrected chi connectivity index (χ1v) is 19.5. The molecule has 0 spiro atoms. The summed E-state index contributed by atoms with van der Waals surface area (Å²) in [5.41, 5.74) is 1.24. The highest BCUT2D eigenvalue weighted by Crippen LogP contribution is 2.38. The first-order valence-electron chi connectivity index (χ1n) is 16.6. The molecule has 2 rings (SSSR count). The van der Waals surface area contributed by atoms with E-state index in [0.717, 1.165) is 44.1 Å². The summed E-state index contributed by atoms with van der Waals surface area (Å²) in [6, 6.07) is 9.10. The number of rotatable bonds is 18. The average molecular weight is 667 g/mol. The van der Waals surface area contributed by atoms with Crippen molar-refractivity contribution in [1.29, 1.82) is 0 Å². The lowest BCUT2D eigenvalue weighted by molar-refractivity contribution is 0.332. The first-order chi connectivity index (χ1) is 20.7. The second kappa shape index (κ2) is 16.8. The molecular formula is C36H58O7S2. The zero-order chi connectivity index (χ0) is 34.3. The van der Waals surface area contributed by atoms with Gasteiger partial charge in [0.05, 0.1) is 0 Å². The lowest BCUT2D eigenvalue weighted by Gasteiger charge is -2.23.